The minimum atomic E-state index is -5.39. The van der Waals surface area contributed by atoms with Gasteiger partial charge in [-0.1, -0.05) is 53.1 Å². The van der Waals surface area contributed by atoms with Crippen molar-refractivity contribution in [3.8, 4) is 17.2 Å². The summed E-state index contributed by atoms with van der Waals surface area (Å²) in [5.74, 6) is 1.13. The molecule has 0 saturated heterocycles. The van der Waals surface area contributed by atoms with Gasteiger partial charge in [0.15, 0.2) is 0 Å². The van der Waals surface area contributed by atoms with Gasteiger partial charge in [-0.2, -0.15) is 7.82 Å². The number of benzene rings is 3. The molecular formula is C24H30O7P-3. The molecule has 3 aromatic carbocycles. The third-order valence-corrected chi connectivity index (χ3v) is 4.06. The Morgan fingerprint density at radius 1 is 0.531 bits per heavy atom. The molecule has 3 rings (SSSR count). The Morgan fingerprint density at radius 3 is 0.844 bits per heavy atom. The summed E-state index contributed by atoms with van der Waals surface area (Å²) >= 11 is 0. The highest BCUT2D eigenvalue weighted by molar-refractivity contribution is 7.40. The number of rotatable bonds is 0. The number of hydrogen-bond acceptors (Lipinski definition) is 7. The Kier molecular flexibility index (Phi) is 12.4. The first-order valence-corrected chi connectivity index (χ1v) is 11.1. The highest BCUT2D eigenvalue weighted by Gasteiger charge is 1.93. The topological polar surface area (TPSA) is 147 Å². The zero-order chi connectivity index (χ0) is 25.1. The first kappa shape index (κ1) is 29.2. The van der Waals surface area contributed by atoms with Gasteiger partial charge >= 0.3 is 0 Å². The number of aryl methyl sites for hydroxylation is 6. The van der Waals surface area contributed by atoms with Crippen LogP contribution in [0.4, 0.5) is 0 Å². The van der Waals surface area contributed by atoms with Crippen LogP contribution in [0.15, 0.2) is 54.6 Å². The molecule has 0 amide bonds. The van der Waals surface area contributed by atoms with E-state index in [1.165, 1.54) is 16.7 Å². The zero-order valence-corrected chi connectivity index (χ0v) is 20.0. The Labute approximate surface area is 189 Å². The van der Waals surface area contributed by atoms with Gasteiger partial charge in [0.25, 0.3) is 0 Å². The van der Waals surface area contributed by atoms with E-state index >= 15 is 0 Å². The Bertz CT molecular complexity index is 917. The first-order chi connectivity index (χ1) is 14.6. The maximum Gasteiger partial charge on any atom is 0.118 e. The zero-order valence-electron chi connectivity index (χ0n) is 19.1. The van der Waals surface area contributed by atoms with E-state index in [0.717, 1.165) is 16.7 Å². The van der Waals surface area contributed by atoms with Crippen LogP contribution in [0.1, 0.15) is 33.4 Å². The standard InChI is InChI=1S/3C8H10O.H3O4P/c3*1-6-3-4-8(9)7(2)5-6;1-5(2,3)4/h3*3-5,9H,1-2H3;(H3,1,2,3,4)/p-3. The second kappa shape index (κ2) is 13.6. The summed E-state index contributed by atoms with van der Waals surface area (Å²) in [5.41, 5.74) is 6.38. The lowest BCUT2D eigenvalue weighted by Crippen LogP contribution is -2.24. The van der Waals surface area contributed by atoms with Crippen LogP contribution in [0.2, 0.25) is 0 Å². The molecule has 0 radical (unpaired) electrons. The fourth-order valence-corrected chi connectivity index (χ4v) is 2.42. The van der Waals surface area contributed by atoms with Crippen LogP contribution in [0.5, 0.6) is 17.2 Å². The molecule has 3 aromatic rings. The van der Waals surface area contributed by atoms with Gasteiger partial charge in [-0.15, -0.1) is 0 Å². The predicted molar refractivity (Wildman–Crippen MR) is 120 cm³/mol. The summed E-state index contributed by atoms with van der Waals surface area (Å²) in [6, 6.07) is 16.7. The fourth-order valence-electron chi connectivity index (χ4n) is 2.42. The van der Waals surface area contributed by atoms with E-state index in [-0.39, 0.29) is 0 Å². The van der Waals surface area contributed by atoms with Crippen LogP contribution in [-0.2, 0) is 4.57 Å². The number of phenols is 3. The van der Waals surface area contributed by atoms with Crippen molar-refractivity contribution in [2.75, 3.05) is 0 Å². The van der Waals surface area contributed by atoms with Crippen LogP contribution >= 0.6 is 7.82 Å². The summed E-state index contributed by atoms with van der Waals surface area (Å²) in [7, 11) is -5.39. The van der Waals surface area contributed by atoms with Crippen molar-refractivity contribution >= 4 is 7.82 Å². The van der Waals surface area contributed by atoms with E-state index in [0.29, 0.717) is 17.2 Å². The summed E-state index contributed by atoms with van der Waals surface area (Å²) < 4.78 is 8.55. The molecule has 0 bridgehead atoms. The van der Waals surface area contributed by atoms with Crippen molar-refractivity contribution in [1.29, 1.82) is 0 Å². The maximum absolute atomic E-state index is 9.04. The SMILES string of the molecule is Cc1ccc(O)c(C)c1.Cc1ccc(O)c(C)c1.Cc1ccc(O)c(C)c1.O=P([O-])([O-])[O-]. The van der Waals surface area contributed by atoms with Crippen molar-refractivity contribution in [1.82, 2.24) is 0 Å². The molecule has 7 nitrogen and oxygen atoms in total. The molecule has 32 heavy (non-hydrogen) atoms. The smallest absolute Gasteiger partial charge is 0.118 e. The number of hydrogen-bond donors (Lipinski definition) is 3. The van der Waals surface area contributed by atoms with E-state index in [1.807, 2.05) is 77.9 Å². The molecular weight excluding hydrogens is 431 g/mol. The second-order valence-electron chi connectivity index (χ2n) is 7.32. The summed E-state index contributed by atoms with van der Waals surface area (Å²) in [5, 5.41) is 27.1. The molecule has 0 fully saturated rings. The van der Waals surface area contributed by atoms with E-state index in [2.05, 4.69) is 0 Å². The summed E-state index contributed by atoms with van der Waals surface area (Å²) in [6.07, 6.45) is 0. The molecule has 0 aliphatic heterocycles. The van der Waals surface area contributed by atoms with E-state index < -0.39 is 7.82 Å². The normalized spacial score (nSPS) is 9.91. The second-order valence-corrected chi connectivity index (χ2v) is 8.21. The van der Waals surface area contributed by atoms with Crippen molar-refractivity contribution < 1.29 is 34.6 Å². The third kappa shape index (κ3) is 14.2. The lowest BCUT2D eigenvalue weighted by Gasteiger charge is -2.36. The number of phosphoric acid groups is 1. The van der Waals surface area contributed by atoms with E-state index in [4.69, 9.17) is 34.6 Å². The molecule has 176 valence electrons. The lowest BCUT2D eigenvalue weighted by molar-refractivity contribution is -0.432. The summed E-state index contributed by atoms with van der Waals surface area (Å²) in [6.45, 7) is 11.7. The molecule has 8 heteroatoms. The maximum atomic E-state index is 9.04. The lowest BCUT2D eigenvalue weighted by atomic mass is 10.1. The quantitative estimate of drug-likeness (QED) is 0.436. The van der Waals surface area contributed by atoms with Crippen molar-refractivity contribution in [3.63, 3.8) is 0 Å². The van der Waals surface area contributed by atoms with Crippen LogP contribution in [0, 0.1) is 41.5 Å². The third-order valence-electron chi connectivity index (χ3n) is 4.06. The molecule has 0 saturated carbocycles. The van der Waals surface area contributed by atoms with Gasteiger partial charge in [0.2, 0.25) is 0 Å². The van der Waals surface area contributed by atoms with Crippen LogP contribution in [0.25, 0.3) is 0 Å². The largest absolute Gasteiger partial charge is 0.822 e. The first-order valence-electron chi connectivity index (χ1n) is 9.62. The van der Waals surface area contributed by atoms with E-state index in [1.54, 1.807) is 18.2 Å². The molecule has 0 aliphatic rings. The van der Waals surface area contributed by atoms with Crippen molar-refractivity contribution in [3.05, 3.63) is 88.0 Å². The van der Waals surface area contributed by atoms with Gasteiger partial charge in [-0.05, 0) is 76.4 Å². The average molecular weight is 461 g/mol. The van der Waals surface area contributed by atoms with Crippen LogP contribution in [-0.4, -0.2) is 15.3 Å². The molecule has 0 unspecified atom stereocenters. The fraction of sp³-hybridized carbons (Fsp3) is 0.250. The Hall–Kier alpha value is -2.83. The minimum Gasteiger partial charge on any atom is -0.822 e. The van der Waals surface area contributed by atoms with Crippen molar-refractivity contribution in [2.24, 2.45) is 0 Å². The van der Waals surface area contributed by atoms with Crippen molar-refractivity contribution in [2.45, 2.75) is 41.5 Å². The molecule has 0 atom stereocenters. The monoisotopic (exact) mass is 461 g/mol. The average Bonchev–Trinajstić information content (AvgIpc) is 2.65. The van der Waals surface area contributed by atoms with Gasteiger partial charge in [-0.3, -0.25) is 0 Å². The van der Waals surface area contributed by atoms with Gasteiger partial charge < -0.3 is 34.6 Å². The van der Waals surface area contributed by atoms with Gasteiger partial charge in [0, 0.05) is 0 Å². The molecule has 0 heterocycles. The Morgan fingerprint density at radius 2 is 0.719 bits per heavy atom. The molecule has 0 spiro atoms. The van der Waals surface area contributed by atoms with Crippen LogP contribution in [0.3, 0.4) is 0 Å². The highest BCUT2D eigenvalue weighted by Crippen LogP contribution is 2.17. The molecule has 0 aromatic heterocycles. The highest BCUT2D eigenvalue weighted by atomic mass is 31.2. The number of phenolic OH excluding ortho intramolecular Hbond substituents is 3. The van der Waals surface area contributed by atoms with Crippen LogP contribution < -0.4 is 14.7 Å². The van der Waals surface area contributed by atoms with Gasteiger partial charge in [0.05, 0.1) is 0 Å². The molecule has 3 N–H and O–H groups in total. The van der Waals surface area contributed by atoms with Gasteiger partial charge in [0.1, 0.15) is 17.2 Å². The Balaban J connectivity index is 0.000000410. The summed E-state index contributed by atoms with van der Waals surface area (Å²) in [4.78, 5) is 25.6. The molecule has 0 aliphatic carbocycles. The van der Waals surface area contributed by atoms with E-state index in [9.17, 15) is 0 Å². The minimum absolute atomic E-state index is 0.376. The number of aromatic hydroxyl groups is 3. The van der Waals surface area contributed by atoms with Gasteiger partial charge in [-0.25, -0.2) is 0 Å². The predicted octanol–water partition coefficient (Wildman–Crippen LogP) is 3.20.